The molecule has 2 atom stereocenters. The SMILES string of the molecule is CC(=O)N1CCC(N[C@H]2C[C@@H](Cc3cc(CN4CCN(c5ccccc5)CC4)on3)C2(C)C)CC1. The Bertz CT molecular complexity index is 974. The van der Waals surface area contributed by atoms with Gasteiger partial charge in [-0.3, -0.25) is 9.69 Å². The minimum atomic E-state index is 0.203. The molecule has 7 heteroatoms. The first kappa shape index (κ1) is 24.3. The van der Waals surface area contributed by atoms with Gasteiger partial charge in [-0.1, -0.05) is 37.2 Å². The summed E-state index contributed by atoms with van der Waals surface area (Å²) in [6.45, 7) is 13.2. The molecule has 35 heavy (non-hydrogen) atoms. The minimum Gasteiger partial charge on any atom is -0.369 e. The number of piperazine rings is 1. The number of aromatic nitrogens is 1. The molecule has 1 amide bonds. The zero-order valence-corrected chi connectivity index (χ0v) is 21.6. The maximum atomic E-state index is 11.6. The van der Waals surface area contributed by atoms with Crippen molar-refractivity contribution in [3.05, 3.63) is 47.9 Å². The van der Waals surface area contributed by atoms with Crippen molar-refractivity contribution in [3.63, 3.8) is 0 Å². The molecule has 0 radical (unpaired) electrons. The van der Waals surface area contributed by atoms with Gasteiger partial charge in [0, 0.05) is 70.0 Å². The van der Waals surface area contributed by atoms with Crippen LogP contribution in [0.1, 0.15) is 51.5 Å². The third-order valence-corrected chi connectivity index (χ3v) is 8.78. The molecule has 2 saturated heterocycles. The second-order valence-electron chi connectivity index (χ2n) is 11.3. The number of hydrogen-bond donors (Lipinski definition) is 1. The van der Waals surface area contributed by atoms with Crippen molar-refractivity contribution < 1.29 is 9.32 Å². The first-order chi connectivity index (χ1) is 16.9. The molecule has 2 aromatic rings. The first-order valence-corrected chi connectivity index (χ1v) is 13.4. The normalized spacial score (nSPS) is 25.5. The number of piperidine rings is 1. The number of carbonyl (C=O) groups excluding carboxylic acids is 1. The molecule has 1 N–H and O–H groups in total. The topological polar surface area (TPSA) is 64.9 Å². The van der Waals surface area contributed by atoms with E-state index in [0.29, 0.717) is 18.0 Å². The van der Waals surface area contributed by atoms with Gasteiger partial charge >= 0.3 is 0 Å². The fourth-order valence-corrected chi connectivity index (χ4v) is 6.09. The Morgan fingerprint density at radius 2 is 1.80 bits per heavy atom. The summed E-state index contributed by atoms with van der Waals surface area (Å²) in [7, 11) is 0. The second kappa shape index (κ2) is 10.3. The molecule has 0 spiro atoms. The zero-order valence-electron chi connectivity index (χ0n) is 21.6. The van der Waals surface area contributed by atoms with Crippen molar-refractivity contribution in [2.45, 2.75) is 65.1 Å². The Labute approximate surface area is 209 Å². The number of nitrogens with one attached hydrogen (secondary N) is 1. The van der Waals surface area contributed by atoms with Crippen LogP contribution in [0.4, 0.5) is 5.69 Å². The maximum Gasteiger partial charge on any atom is 0.219 e. The van der Waals surface area contributed by atoms with E-state index < -0.39 is 0 Å². The van der Waals surface area contributed by atoms with Crippen LogP contribution in [0, 0.1) is 11.3 Å². The van der Waals surface area contributed by atoms with E-state index >= 15 is 0 Å². The van der Waals surface area contributed by atoms with Crippen molar-refractivity contribution >= 4 is 11.6 Å². The molecular formula is C28H41N5O2. The van der Waals surface area contributed by atoms with E-state index in [0.717, 1.165) is 76.5 Å². The molecule has 1 saturated carbocycles. The molecule has 3 fully saturated rings. The van der Waals surface area contributed by atoms with E-state index in [1.165, 1.54) is 12.1 Å². The van der Waals surface area contributed by atoms with E-state index in [2.05, 4.69) is 70.5 Å². The zero-order chi connectivity index (χ0) is 24.4. The Morgan fingerprint density at radius 1 is 1.09 bits per heavy atom. The summed E-state index contributed by atoms with van der Waals surface area (Å²) in [5.74, 6) is 1.80. The van der Waals surface area contributed by atoms with Crippen LogP contribution in [0.2, 0.25) is 0 Å². The van der Waals surface area contributed by atoms with Crippen molar-refractivity contribution in [1.82, 2.24) is 20.3 Å². The van der Waals surface area contributed by atoms with Crippen LogP contribution < -0.4 is 10.2 Å². The van der Waals surface area contributed by atoms with E-state index in [4.69, 9.17) is 4.52 Å². The van der Waals surface area contributed by atoms with Crippen molar-refractivity contribution in [3.8, 4) is 0 Å². The summed E-state index contributed by atoms with van der Waals surface area (Å²) >= 11 is 0. The fraction of sp³-hybridized carbons (Fsp3) is 0.643. The highest BCUT2D eigenvalue weighted by Gasteiger charge is 2.48. The number of carbonyl (C=O) groups is 1. The Morgan fingerprint density at radius 3 is 2.46 bits per heavy atom. The van der Waals surface area contributed by atoms with Gasteiger partial charge in [0.15, 0.2) is 5.76 Å². The van der Waals surface area contributed by atoms with Crippen molar-refractivity contribution in [2.24, 2.45) is 11.3 Å². The number of anilines is 1. The van der Waals surface area contributed by atoms with Gasteiger partial charge in [0.1, 0.15) is 0 Å². The lowest BCUT2D eigenvalue weighted by Crippen LogP contribution is -2.61. The number of nitrogens with zero attached hydrogens (tertiary/aromatic N) is 4. The molecule has 3 heterocycles. The van der Waals surface area contributed by atoms with E-state index in [9.17, 15) is 4.79 Å². The standard InChI is InChI=1S/C28H41N5O2/c1-21(34)32-11-9-23(10-12-32)29-27-18-22(28(27,2)3)17-24-19-26(35-30-24)20-31-13-15-33(16-14-31)25-7-5-4-6-8-25/h4-8,19,22-23,27,29H,9-18,20H2,1-3H3/t22-,27+/m1/s1. The number of rotatable bonds is 7. The predicted octanol–water partition coefficient (Wildman–Crippen LogP) is 3.55. The monoisotopic (exact) mass is 479 g/mol. The molecule has 0 bridgehead atoms. The van der Waals surface area contributed by atoms with Crippen molar-refractivity contribution in [1.29, 1.82) is 0 Å². The van der Waals surface area contributed by atoms with Gasteiger partial charge in [0.2, 0.25) is 5.91 Å². The van der Waals surface area contributed by atoms with Gasteiger partial charge in [0.05, 0.1) is 12.2 Å². The summed E-state index contributed by atoms with van der Waals surface area (Å²) in [6.07, 6.45) is 4.29. The van der Waals surface area contributed by atoms with Crippen LogP contribution >= 0.6 is 0 Å². The quantitative estimate of drug-likeness (QED) is 0.655. The fourth-order valence-electron chi connectivity index (χ4n) is 6.09. The molecule has 1 aromatic heterocycles. The second-order valence-corrected chi connectivity index (χ2v) is 11.3. The Balaban J connectivity index is 1.06. The van der Waals surface area contributed by atoms with Crippen molar-refractivity contribution in [2.75, 3.05) is 44.2 Å². The Kier molecular flexibility index (Phi) is 7.17. The number of para-hydroxylation sites is 1. The summed E-state index contributed by atoms with van der Waals surface area (Å²) in [5, 5.41) is 8.33. The molecule has 190 valence electrons. The predicted molar refractivity (Wildman–Crippen MR) is 138 cm³/mol. The third-order valence-electron chi connectivity index (χ3n) is 8.78. The highest BCUT2D eigenvalue weighted by Crippen LogP contribution is 2.48. The van der Waals surface area contributed by atoms with Gasteiger partial charge in [-0.25, -0.2) is 0 Å². The average Bonchev–Trinajstić information content (AvgIpc) is 3.31. The summed E-state index contributed by atoms with van der Waals surface area (Å²) < 4.78 is 5.74. The summed E-state index contributed by atoms with van der Waals surface area (Å²) in [6, 6.07) is 13.9. The highest BCUT2D eigenvalue weighted by atomic mass is 16.5. The number of benzene rings is 1. The Hall–Kier alpha value is -2.38. The van der Waals surface area contributed by atoms with Crippen LogP contribution in [0.25, 0.3) is 0 Å². The number of hydrogen-bond acceptors (Lipinski definition) is 6. The van der Waals surface area contributed by atoms with Crippen LogP contribution in [0.5, 0.6) is 0 Å². The van der Waals surface area contributed by atoms with E-state index in [-0.39, 0.29) is 11.3 Å². The molecule has 1 aliphatic carbocycles. The van der Waals surface area contributed by atoms with Crippen LogP contribution in [-0.4, -0.2) is 72.2 Å². The first-order valence-electron chi connectivity index (χ1n) is 13.4. The van der Waals surface area contributed by atoms with Gasteiger partial charge in [0.25, 0.3) is 0 Å². The highest BCUT2D eigenvalue weighted by molar-refractivity contribution is 5.73. The number of likely N-dealkylation sites (tertiary alicyclic amines) is 1. The smallest absolute Gasteiger partial charge is 0.219 e. The van der Waals surface area contributed by atoms with E-state index in [1.807, 2.05) is 4.90 Å². The average molecular weight is 480 g/mol. The summed E-state index contributed by atoms with van der Waals surface area (Å²) in [4.78, 5) is 18.5. The van der Waals surface area contributed by atoms with Gasteiger partial charge in [-0.05, 0) is 49.1 Å². The van der Waals surface area contributed by atoms with Crippen LogP contribution in [0.3, 0.4) is 0 Å². The van der Waals surface area contributed by atoms with Crippen LogP contribution in [-0.2, 0) is 17.8 Å². The maximum absolute atomic E-state index is 11.6. The lowest BCUT2D eigenvalue weighted by molar-refractivity contribution is -0.130. The van der Waals surface area contributed by atoms with Gasteiger partial charge in [-0.2, -0.15) is 0 Å². The molecule has 1 aromatic carbocycles. The number of amides is 1. The lowest BCUT2D eigenvalue weighted by Gasteiger charge is -2.54. The molecule has 5 rings (SSSR count). The molecule has 2 aliphatic heterocycles. The summed E-state index contributed by atoms with van der Waals surface area (Å²) in [5.41, 5.74) is 2.64. The van der Waals surface area contributed by atoms with Crippen LogP contribution in [0.15, 0.2) is 40.9 Å². The molecule has 7 nitrogen and oxygen atoms in total. The molecule has 3 aliphatic rings. The van der Waals surface area contributed by atoms with E-state index in [1.54, 1.807) is 6.92 Å². The van der Waals surface area contributed by atoms with Gasteiger partial charge < -0.3 is 19.6 Å². The third kappa shape index (κ3) is 5.56. The minimum absolute atomic E-state index is 0.203. The molecular weight excluding hydrogens is 438 g/mol. The molecule has 0 unspecified atom stereocenters. The van der Waals surface area contributed by atoms with Gasteiger partial charge in [-0.15, -0.1) is 0 Å². The largest absolute Gasteiger partial charge is 0.369 e. The lowest BCUT2D eigenvalue weighted by atomic mass is 9.57.